The van der Waals surface area contributed by atoms with E-state index >= 15 is 0 Å². The molecule has 1 aliphatic carbocycles. The quantitative estimate of drug-likeness (QED) is 0.382. The number of unbranched alkanes of at least 4 members (excludes halogenated alkanes) is 1. The van der Waals surface area contributed by atoms with Crippen molar-refractivity contribution in [2.24, 2.45) is 17.8 Å². The summed E-state index contributed by atoms with van der Waals surface area (Å²) in [6.45, 7) is 4.54. The van der Waals surface area contributed by atoms with E-state index in [2.05, 4.69) is 16.0 Å². The van der Waals surface area contributed by atoms with Crippen molar-refractivity contribution in [2.75, 3.05) is 32.7 Å². The van der Waals surface area contributed by atoms with Crippen molar-refractivity contribution in [3.8, 4) is 0 Å². The molecule has 4 rings (SSSR count). The highest BCUT2D eigenvalue weighted by Gasteiger charge is 2.39. The number of hydrogen-bond acceptors (Lipinski definition) is 4. The lowest BCUT2D eigenvalue weighted by molar-refractivity contribution is -0.137. The lowest BCUT2D eigenvalue weighted by atomic mass is 9.85. The topological polar surface area (TPSA) is 73.5 Å². The Bertz CT molecular complexity index is 629. The zero-order valence-corrected chi connectivity index (χ0v) is 20.7. The van der Waals surface area contributed by atoms with Crippen LogP contribution in [0, 0.1) is 17.8 Å². The summed E-state index contributed by atoms with van der Waals surface area (Å²) in [5, 5.41) is 9.79. The van der Waals surface area contributed by atoms with Gasteiger partial charge < -0.3 is 20.9 Å². The van der Waals surface area contributed by atoms with E-state index in [1.165, 1.54) is 6.42 Å². The van der Waals surface area contributed by atoms with Crippen molar-refractivity contribution >= 4 is 35.0 Å². The molecule has 6 nitrogen and oxygen atoms in total. The van der Waals surface area contributed by atoms with Crippen molar-refractivity contribution in [1.82, 2.24) is 20.9 Å². The SMILES string of the molecule is O=C(NCCCCC1CCN(C(=O)C2CCCC(Cl)C2Cl)CC1)C1CC2CNCCC2N1. The monoisotopic (exact) mass is 486 g/mol. The minimum absolute atomic E-state index is 0.0161. The van der Waals surface area contributed by atoms with Crippen LogP contribution in [-0.2, 0) is 9.59 Å². The standard InChI is InChI=1S/C24H40Cl2N4O2/c25-19-6-3-5-18(22(19)26)24(32)30-12-8-16(9-13-30)4-1-2-10-28-23(31)21-14-17-15-27-11-7-20(17)29-21/h16-22,27,29H,1-15H2,(H,28,31). The summed E-state index contributed by atoms with van der Waals surface area (Å²) in [6, 6.07) is 0.493. The number of carbonyl (C=O) groups is 2. The largest absolute Gasteiger partial charge is 0.355 e. The lowest BCUT2D eigenvalue weighted by Gasteiger charge is -2.37. The summed E-state index contributed by atoms with van der Waals surface area (Å²) in [6.07, 6.45) is 10.4. The second kappa shape index (κ2) is 11.7. The fourth-order valence-electron chi connectivity index (χ4n) is 6.13. The predicted molar refractivity (Wildman–Crippen MR) is 129 cm³/mol. The fourth-order valence-corrected chi connectivity index (χ4v) is 6.82. The zero-order valence-electron chi connectivity index (χ0n) is 19.2. The molecule has 182 valence electrons. The first kappa shape index (κ1) is 24.6. The summed E-state index contributed by atoms with van der Waals surface area (Å²) in [5.41, 5.74) is 0. The molecule has 0 bridgehead atoms. The van der Waals surface area contributed by atoms with E-state index in [1.54, 1.807) is 0 Å². The van der Waals surface area contributed by atoms with Gasteiger partial charge in [0.25, 0.3) is 0 Å². The normalized spacial score (nSPS) is 36.0. The Hall–Kier alpha value is -0.560. The van der Waals surface area contributed by atoms with Crippen LogP contribution in [0.3, 0.4) is 0 Å². The molecule has 4 aliphatic rings. The number of alkyl halides is 2. The maximum atomic E-state index is 12.9. The molecule has 0 radical (unpaired) electrons. The third-order valence-corrected chi connectivity index (χ3v) is 9.41. The smallest absolute Gasteiger partial charge is 0.237 e. The number of carbonyl (C=O) groups excluding carboxylic acids is 2. The Morgan fingerprint density at radius 1 is 1.03 bits per heavy atom. The molecule has 0 aromatic rings. The van der Waals surface area contributed by atoms with Crippen LogP contribution in [0.2, 0.25) is 0 Å². The molecule has 8 heteroatoms. The van der Waals surface area contributed by atoms with Crippen LogP contribution in [-0.4, -0.2) is 72.3 Å². The number of halogens is 2. The summed E-state index contributed by atoms with van der Waals surface area (Å²) in [7, 11) is 0. The van der Waals surface area contributed by atoms with E-state index in [0.29, 0.717) is 17.9 Å². The van der Waals surface area contributed by atoms with E-state index in [1.807, 2.05) is 4.90 Å². The number of amides is 2. The maximum absolute atomic E-state index is 12.9. The zero-order chi connectivity index (χ0) is 22.5. The number of piperidine rings is 2. The molecular weight excluding hydrogens is 447 g/mol. The number of hydrogen-bond donors (Lipinski definition) is 3. The molecule has 2 amide bonds. The number of nitrogens with zero attached hydrogens (tertiary/aromatic N) is 1. The highest BCUT2D eigenvalue weighted by atomic mass is 35.5. The van der Waals surface area contributed by atoms with Gasteiger partial charge in [-0.05, 0) is 69.9 Å². The molecule has 0 aromatic heterocycles. The van der Waals surface area contributed by atoms with Gasteiger partial charge in [0.1, 0.15) is 0 Å². The average Bonchev–Trinajstić information content (AvgIpc) is 3.25. The number of rotatable bonds is 7. The molecule has 6 atom stereocenters. The Kier molecular flexibility index (Phi) is 9.00. The fraction of sp³-hybridized carbons (Fsp3) is 0.917. The first-order valence-corrected chi connectivity index (χ1v) is 13.7. The molecule has 4 fully saturated rings. The minimum Gasteiger partial charge on any atom is -0.355 e. The van der Waals surface area contributed by atoms with Gasteiger partial charge in [0, 0.05) is 25.7 Å². The van der Waals surface area contributed by atoms with Gasteiger partial charge in [-0.2, -0.15) is 0 Å². The van der Waals surface area contributed by atoms with Gasteiger partial charge in [0.05, 0.1) is 22.7 Å². The van der Waals surface area contributed by atoms with Crippen LogP contribution in [0.5, 0.6) is 0 Å². The van der Waals surface area contributed by atoms with Gasteiger partial charge in [-0.25, -0.2) is 0 Å². The molecule has 3 aliphatic heterocycles. The van der Waals surface area contributed by atoms with Crippen molar-refractivity contribution in [3.63, 3.8) is 0 Å². The van der Waals surface area contributed by atoms with Gasteiger partial charge in [0.2, 0.25) is 11.8 Å². The van der Waals surface area contributed by atoms with E-state index < -0.39 is 0 Å². The first-order valence-electron chi connectivity index (χ1n) is 12.8. The number of nitrogens with one attached hydrogen (secondary N) is 3. The molecule has 0 aromatic carbocycles. The molecule has 1 saturated carbocycles. The molecule has 3 saturated heterocycles. The van der Waals surface area contributed by atoms with Crippen LogP contribution >= 0.6 is 23.2 Å². The van der Waals surface area contributed by atoms with Gasteiger partial charge in [-0.15, -0.1) is 23.2 Å². The summed E-state index contributed by atoms with van der Waals surface area (Å²) in [5.74, 6) is 1.56. The average molecular weight is 488 g/mol. The Morgan fingerprint density at radius 3 is 2.62 bits per heavy atom. The van der Waals surface area contributed by atoms with E-state index in [-0.39, 0.29) is 34.5 Å². The van der Waals surface area contributed by atoms with Crippen LogP contribution < -0.4 is 16.0 Å². The Labute approximate surface area is 202 Å². The molecule has 0 spiro atoms. The van der Waals surface area contributed by atoms with Crippen molar-refractivity contribution in [3.05, 3.63) is 0 Å². The third kappa shape index (κ3) is 6.11. The van der Waals surface area contributed by atoms with Crippen LogP contribution in [0.4, 0.5) is 0 Å². The van der Waals surface area contributed by atoms with E-state index in [4.69, 9.17) is 23.2 Å². The van der Waals surface area contributed by atoms with Crippen LogP contribution in [0.15, 0.2) is 0 Å². The lowest BCUT2D eigenvalue weighted by Crippen LogP contribution is -2.46. The van der Waals surface area contributed by atoms with E-state index in [0.717, 1.165) is 90.5 Å². The highest BCUT2D eigenvalue weighted by Crippen LogP contribution is 2.34. The molecular formula is C24H40Cl2N4O2. The maximum Gasteiger partial charge on any atom is 0.237 e. The van der Waals surface area contributed by atoms with Gasteiger partial charge in [-0.1, -0.05) is 19.3 Å². The number of likely N-dealkylation sites (tertiary alicyclic amines) is 1. The van der Waals surface area contributed by atoms with Crippen molar-refractivity contribution in [2.45, 2.75) is 87.0 Å². The molecule has 32 heavy (non-hydrogen) atoms. The molecule has 6 unspecified atom stereocenters. The second-order valence-corrected chi connectivity index (χ2v) is 11.4. The van der Waals surface area contributed by atoms with Gasteiger partial charge in [-0.3, -0.25) is 9.59 Å². The van der Waals surface area contributed by atoms with Crippen molar-refractivity contribution in [1.29, 1.82) is 0 Å². The Balaban J connectivity index is 1.07. The van der Waals surface area contributed by atoms with Gasteiger partial charge >= 0.3 is 0 Å². The van der Waals surface area contributed by atoms with Crippen LogP contribution in [0.25, 0.3) is 0 Å². The Morgan fingerprint density at radius 2 is 1.84 bits per heavy atom. The number of fused-ring (bicyclic) bond motifs is 1. The minimum atomic E-state index is -0.231. The summed E-state index contributed by atoms with van der Waals surface area (Å²) < 4.78 is 0. The highest BCUT2D eigenvalue weighted by molar-refractivity contribution is 6.31. The second-order valence-electron chi connectivity index (χ2n) is 10.4. The summed E-state index contributed by atoms with van der Waals surface area (Å²) in [4.78, 5) is 27.4. The molecule has 3 heterocycles. The van der Waals surface area contributed by atoms with Crippen molar-refractivity contribution < 1.29 is 9.59 Å². The predicted octanol–water partition coefficient (Wildman–Crippen LogP) is 2.87. The molecule has 3 N–H and O–H groups in total. The van der Waals surface area contributed by atoms with E-state index in [9.17, 15) is 9.59 Å². The first-order chi connectivity index (χ1) is 15.5. The van der Waals surface area contributed by atoms with Gasteiger partial charge in [0.15, 0.2) is 0 Å². The summed E-state index contributed by atoms with van der Waals surface area (Å²) >= 11 is 12.8. The van der Waals surface area contributed by atoms with Crippen LogP contribution in [0.1, 0.15) is 64.2 Å². The third-order valence-electron chi connectivity index (χ3n) is 8.18.